The van der Waals surface area contributed by atoms with E-state index in [0.717, 1.165) is 37.8 Å². The Morgan fingerprint density at radius 1 is 1.21 bits per heavy atom. The van der Waals surface area contributed by atoms with Crippen LogP contribution < -0.4 is 11.1 Å². The van der Waals surface area contributed by atoms with Crippen LogP contribution in [0.2, 0.25) is 0 Å². The Morgan fingerprint density at radius 3 is 2.47 bits per heavy atom. The normalized spacial score (nSPS) is 23.0. The molecule has 0 heterocycles. The van der Waals surface area contributed by atoms with Gasteiger partial charge < -0.3 is 16.2 Å². The SMILES string of the molecule is Nc1ccc(CC(=O)NCC2CCC(O)CC2)cc1. The molecule has 1 aliphatic carbocycles. The molecule has 0 spiro atoms. The molecule has 4 nitrogen and oxygen atoms in total. The third-order valence-electron chi connectivity index (χ3n) is 3.75. The van der Waals surface area contributed by atoms with E-state index in [-0.39, 0.29) is 12.0 Å². The van der Waals surface area contributed by atoms with Crippen molar-refractivity contribution >= 4 is 11.6 Å². The van der Waals surface area contributed by atoms with Crippen LogP contribution in [0.1, 0.15) is 31.2 Å². The van der Waals surface area contributed by atoms with Crippen LogP contribution >= 0.6 is 0 Å². The second-order valence-corrected chi connectivity index (χ2v) is 5.40. The number of carbonyl (C=O) groups is 1. The molecule has 104 valence electrons. The van der Waals surface area contributed by atoms with E-state index in [1.807, 2.05) is 24.3 Å². The number of nitrogens with one attached hydrogen (secondary N) is 1. The maximum absolute atomic E-state index is 11.8. The predicted molar refractivity (Wildman–Crippen MR) is 75.5 cm³/mol. The van der Waals surface area contributed by atoms with Gasteiger partial charge in [0.05, 0.1) is 12.5 Å². The second kappa shape index (κ2) is 6.57. The number of aliphatic hydroxyl groups excluding tert-OH is 1. The number of benzene rings is 1. The van der Waals surface area contributed by atoms with Crippen LogP contribution in [0.15, 0.2) is 24.3 Å². The molecule has 0 radical (unpaired) electrons. The Morgan fingerprint density at radius 2 is 1.84 bits per heavy atom. The van der Waals surface area contributed by atoms with Gasteiger partial charge in [0, 0.05) is 12.2 Å². The van der Waals surface area contributed by atoms with Gasteiger partial charge in [-0.25, -0.2) is 0 Å². The lowest BCUT2D eigenvalue weighted by atomic mass is 9.87. The van der Waals surface area contributed by atoms with E-state index in [1.165, 1.54) is 0 Å². The average Bonchev–Trinajstić information content (AvgIpc) is 2.41. The number of rotatable bonds is 4. The summed E-state index contributed by atoms with van der Waals surface area (Å²) in [7, 11) is 0. The van der Waals surface area contributed by atoms with Crippen molar-refractivity contribution in [3.8, 4) is 0 Å². The minimum Gasteiger partial charge on any atom is -0.399 e. The summed E-state index contributed by atoms with van der Waals surface area (Å²) in [6.45, 7) is 0.723. The predicted octanol–water partition coefficient (Wildman–Crippen LogP) is 1.48. The molecule has 0 unspecified atom stereocenters. The summed E-state index contributed by atoms with van der Waals surface area (Å²) in [5.41, 5.74) is 7.29. The molecule has 1 saturated carbocycles. The first-order chi connectivity index (χ1) is 9.13. The molecule has 4 N–H and O–H groups in total. The lowest BCUT2D eigenvalue weighted by Crippen LogP contribution is -2.33. The average molecular weight is 262 g/mol. The van der Waals surface area contributed by atoms with Crippen molar-refractivity contribution in [2.45, 2.75) is 38.2 Å². The van der Waals surface area contributed by atoms with Crippen LogP contribution in [-0.2, 0) is 11.2 Å². The molecule has 0 atom stereocenters. The zero-order valence-corrected chi connectivity index (χ0v) is 11.1. The fraction of sp³-hybridized carbons (Fsp3) is 0.533. The molecule has 1 fully saturated rings. The van der Waals surface area contributed by atoms with Crippen LogP contribution in [-0.4, -0.2) is 23.7 Å². The highest BCUT2D eigenvalue weighted by atomic mass is 16.3. The number of carbonyl (C=O) groups excluding carboxylic acids is 1. The fourth-order valence-electron chi connectivity index (χ4n) is 2.49. The Bertz CT molecular complexity index is 409. The fourth-order valence-corrected chi connectivity index (χ4v) is 2.49. The smallest absolute Gasteiger partial charge is 0.224 e. The highest BCUT2D eigenvalue weighted by molar-refractivity contribution is 5.78. The maximum atomic E-state index is 11.8. The van der Waals surface area contributed by atoms with Crippen LogP contribution in [0.25, 0.3) is 0 Å². The molecule has 0 saturated heterocycles. The Kier molecular flexibility index (Phi) is 4.80. The molecule has 19 heavy (non-hydrogen) atoms. The summed E-state index contributed by atoms with van der Waals surface area (Å²) < 4.78 is 0. The van der Waals surface area contributed by atoms with E-state index in [2.05, 4.69) is 5.32 Å². The summed E-state index contributed by atoms with van der Waals surface area (Å²) in [5.74, 6) is 0.565. The lowest BCUT2D eigenvalue weighted by Gasteiger charge is -2.25. The van der Waals surface area contributed by atoms with Crippen molar-refractivity contribution in [1.82, 2.24) is 5.32 Å². The van der Waals surface area contributed by atoms with E-state index in [0.29, 0.717) is 18.0 Å². The maximum Gasteiger partial charge on any atom is 0.224 e. The quantitative estimate of drug-likeness (QED) is 0.719. The van der Waals surface area contributed by atoms with Gasteiger partial charge in [-0.15, -0.1) is 0 Å². The Balaban J connectivity index is 1.71. The number of aliphatic hydroxyl groups is 1. The van der Waals surface area contributed by atoms with Crippen molar-refractivity contribution in [1.29, 1.82) is 0 Å². The summed E-state index contributed by atoms with van der Waals surface area (Å²) in [5, 5.41) is 12.4. The molecule has 4 heteroatoms. The highest BCUT2D eigenvalue weighted by Crippen LogP contribution is 2.23. The molecule has 0 aromatic heterocycles. The minimum absolute atomic E-state index is 0.0518. The van der Waals surface area contributed by atoms with Gasteiger partial charge in [0.15, 0.2) is 0 Å². The molecular weight excluding hydrogens is 240 g/mol. The van der Waals surface area contributed by atoms with Gasteiger partial charge in [-0.2, -0.15) is 0 Å². The van der Waals surface area contributed by atoms with Crippen LogP contribution in [0.3, 0.4) is 0 Å². The van der Waals surface area contributed by atoms with Crippen molar-refractivity contribution in [3.63, 3.8) is 0 Å². The van der Waals surface area contributed by atoms with Gasteiger partial charge in [-0.3, -0.25) is 4.79 Å². The van der Waals surface area contributed by atoms with Crippen LogP contribution in [0.5, 0.6) is 0 Å². The molecule has 2 rings (SSSR count). The standard InChI is InChI=1S/C15H22N2O2/c16-13-5-1-11(2-6-13)9-15(19)17-10-12-3-7-14(18)8-4-12/h1-2,5-6,12,14,18H,3-4,7-10,16H2,(H,17,19). The molecule has 0 aliphatic heterocycles. The van der Waals surface area contributed by atoms with Gasteiger partial charge in [0.25, 0.3) is 0 Å². The first-order valence-corrected chi connectivity index (χ1v) is 6.92. The molecule has 1 aromatic rings. The second-order valence-electron chi connectivity index (χ2n) is 5.40. The molecular formula is C15H22N2O2. The third-order valence-corrected chi connectivity index (χ3v) is 3.75. The topological polar surface area (TPSA) is 75.4 Å². The zero-order chi connectivity index (χ0) is 13.7. The van der Waals surface area contributed by atoms with Crippen molar-refractivity contribution < 1.29 is 9.90 Å². The minimum atomic E-state index is -0.137. The first kappa shape index (κ1) is 13.9. The van der Waals surface area contributed by atoms with E-state index < -0.39 is 0 Å². The number of amides is 1. The van der Waals surface area contributed by atoms with Gasteiger partial charge in [-0.1, -0.05) is 12.1 Å². The van der Waals surface area contributed by atoms with Crippen molar-refractivity contribution in [2.24, 2.45) is 5.92 Å². The highest BCUT2D eigenvalue weighted by Gasteiger charge is 2.19. The summed E-state index contributed by atoms with van der Waals surface area (Å²) >= 11 is 0. The number of hydrogen-bond acceptors (Lipinski definition) is 3. The van der Waals surface area contributed by atoms with Crippen LogP contribution in [0, 0.1) is 5.92 Å². The summed E-state index contributed by atoms with van der Waals surface area (Å²) in [6, 6.07) is 7.38. The molecule has 0 bridgehead atoms. The van der Waals surface area contributed by atoms with Crippen molar-refractivity contribution in [3.05, 3.63) is 29.8 Å². The van der Waals surface area contributed by atoms with Gasteiger partial charge in [0.1, 0.15) is 0 Å². The van der Waals surface area contributed by atoms with Gasteiger partial charge in [-0.05, 0) is 49.3 Å². The number of nitrogens with two attached hydrogens (primary N) is 1. The zero-order valence-electron chi connectivity index (χ0n) is 11.1. The van der Waals surface area contributed by atoms with Gasteiger partial charge >= 0.3 is 0 Å². The molecule has 1 aromatic carbocycles. The van der Waals surface area contributed by atoms with Crippen LogP contribution in [0.4, 0.5) is 5.69 Å². The van der Waals surface area contributed by atoms with E-state index in [1.54, 1.807) is 0 Å². The molecule has 1 aliphatic rings. The third kappa shape index (κ3) is 4.56. The largest absolute Gasteiger partial charge is 0.399 e. The van der Waals surface area contributed by atoms with E-state index in [9.17, 15) is 9.90 Å². The van der Waals surface area contributed by atoms with Crippen molar-refractivity contribution in [2.75, 3.05) is 12.3 Å². The van der Waals surface area contributed by atoms with E-state index >= 15 is 0 Å². The van der Waals surface area contributed by atoms with Gasteiger partial charge in [0.2, 0.25) is 5.91 Å². The lowest BCUT2D eigenvalue weighted by molar-refractivity contribution is -0.120. The molecule has 1 amide bonds. The summed E-state index contributed by atoms with van der Waals surface area (Å²) in [4.78, 5) is 11.8. The monoisotopic (exact) mass is 262 g/mol. The first-order valence-electron chi connectivity index (χ1n) is 6.92. The Hall–Kier alpha value is -1.55. The summed E-state index contributed by atoms with van der Waals surface area (Å²) in [6.07, 6.45) is 3.99. The number of hydrogen-bond donors (Lipinski definition) is 3. The Labute approximate surface area is 114 Å². The van der Waals surface area contributed by atoms with E-state index in [4.69, 9.17) is 5.73 Å². The number of anilines is 1. The number of nitrogen functional groups attached to an aromatic ring is 1.